The molecule has 0 radical (unpaired) electrons. The van der Waals surface area contributed by atoms with E-state index in [1.54, 1.807) is 6.92 Å². The molecule has 148 valence electrons. The molecule has 0 unspecified atom stereocenters. The zero-order valence-electron chi connectivity index (χ0n) is 16.1. The average Bonchev–Trinajstić information content (AvgIpc) is 2.70. The highest BCUT2D eigenvalue weighted by Crippen LogP contribution is 2.32. The topological polar surface area (TPSA) is 89.2 Å². The fraction of sp³-hybridized carbons (Fsp3) is 0.350. The number of nitrogens with one attached hydrogen (secondary N) is 2. The Morgan fingerprint density at radius 1 is 1.25 bits per heavy atom. The smallest absolute Gasteiger partial charge is 0.311 e. The molecule has 1 fully saturated rings. The second-order valence-corrected chi connectivity index (χ2v) is 6.89. The molecule has 1 saturated heterocycles. The summed E-state index contributed by atoms with van der Waals surface area (Å²) in [7, 11) is 1.37. The van der Waals surface area contributed by atoms with Crippen LogP contribution in [0, 0.1) is 17.0 Å². The van der Waals surface area contributed by atoms with Crippen molar-refractivity contribution in [2.75, 3.05) is 50.1 Å². The van der Waals surface area contributed by atoms with E-state index in [1.807, 2.05) is 18.2 Å². The van der Waals surface area contributed by atoms with Gasteiger partial charge < -0.3 is 19.9 Å². The maximum atomic E-state index is 12.5. The van der Waals surface area contributed by atoms with Crippen LogP contribution < -0.4 is 19.9 Å². The normalized spacial score (nSPS) is 14.6. The summed E-state index contributed by atoms with van der Waals surface area (Å²) in [5.41, 5.74) is 2.26. The molecule has 1 aliphatic heterocycles. The van der Waals surface area contributed by atoms with Crippen LogP contribution in [0.15, 0.2) is 42.5 Å². The molecule has 2 aromatic carbocycles. The van der Waals surface area contributed by atoms with Gasteiger partial charge in [0.1, 0.15) is 0 Å². The Labute approximate surface area is 163 Å². The molecule has 1 amide bonds. The van der Waals surface area contributed by atoms with Gasteiger partial charge in [-0.05, 0) is 24.6 Å². The summed E-state index contributed by atoms with van der Waals surface area (Å²) in [5.74, 6) is 0.0249. The van der Waals surface area contributed by atoms with E-state index in [4.69, 9.17) is 4.74 Å². The van der Waals surface area contributed by atoms with Gasteiger partial charge in [-0.3, -0.25) is 14.9 Å². The van der Waals surface area contributed by atoms with E-state index < -0.39 is 4.92 Å². The summed E-state index contributed by atoms with van der Waals surface area (Å²) in [4.78, 5) is 26.6. The van der Waals surface area contributed by atoms with Gasteiger partial charge in [0.2, 0.25) is 0 Å². The van der Waals surface area contributed by atoms with Crippen LogP contribution >= 0.6 is 0 Å². The van der Waals surface area contributed by atoms with Gasteiger partial charge in [0.25, 0.3) is 5.91 Å². The van der Waals surface area contributed by atoms with Crippen LogP contribution in [0.25, 0.3) is 0 Å². The number of nitro benzene ring substituents is 1. The van der Waals surface area contributed by atoms with Crippen LogP contribution in [0.1, 0.15) is 5.56 Å². The van der Waals surface area contributed by atoms with E-state index in [0.29, 0.717) is 17.8 Å². The van der Waals surface area contributed by atoms with E-state index in [1.165, 1.54) is 29.8 Å². The van der Waals surface area contributed by atoms with Gasteiger partial charge in [-0.15, -0.1) is 0 Å². The average molecular weight is 385 g/mol. The fourth-order valence-electron chi connectivity index (χ4n) is 3.43. The number of hydrogen-bond acceptors (Lipinski definition) is 5. The zero-order chi connectivity index (χ0) is 20.1. The largest absolute Gasteiger partial charge is 0.490 e. The van der Waals surface area contributed by atoms with Crippen LogP contribution in [0.4, 0.5) is 17.1 Å². The molecule has 2 N–H and O–H groups in total. The van der Waals surface area contributed by atoms with Gasteiger partial charge in [0.05, 0.1) is 38.2 Å². The number of ether oxygens (including phenoxy) is 1. The summed E-state index contributed by atoms with van der Waals surface area (Å²) in [6.07, 6.45) is 0. The van der Waals surface area contributed by atoms with E-state index >= 15 is 0 Å². The van der Waals surface area contributed by atoms with Crippen molar-refractivity contribution in [2.45, 2.75) is 6.92 Å². The van der Waals surface area contributed by atoms with Gasteiger partial charge in [-0.1, -0.05) is 18.2 Å². The quantitative estimate of drug-likeness (QED) is 0.577. The lowest BCUT2D eigenvalue weighted by atomic mass is 10.1. The second-order valence-electron chi connectivity index (χ2n) is 6.89. The summed E-state index contributed by atoms with van der Waals surface area (Å²) in [6.45, 7) is 5.65. The Kier molecular flexibility index (Phi) is 6.10. The number of methoxy groups -OCH3 is 1. The van der Waals surface area contributed by atoms with E-state index in [9.17, 15) is 14.9 Å². The predicted molar refractivity (Wildman–Crippen MR) is 107 cm³/mol. The Bertz CT molecular complexity index is 849. The molecule has 28 heavy (non-hydrogen) atoms. The van der Waals surface area contributed by atoms with Crippen molar-refractivity contribution >= 4 is 23.0 Å². The molecule has 0 bridgehead atoms. The number of para-hydroxylation sites is 1. The van der Waals surface area contributed by atoms with Crippen LogP contribution in [0.2, 0.25) is 0 Å². The third kappa shape index (κ3) is 4.58. The molecule has 0 spiro atoms. The molecular formula is C20H25N4O4+. The minimum atomic E-state index is -0.492. The third-order valence-electron chi connectivity index (χ3n) is 5.00. The number of nitrogens with zero attached hydrogens (tertiary/aromatic N) is 2. The maximum Gasteiger partial charge on any atom is 0.311 e. The van der Waals surface area contributed by atoms with Gasteiger partial charge in [-0.25, -0.2) is 0 Å². The van der Waals surface area contributed by atoms with E-state index in [0.717, 1.165) is 26.2 Å². The SMILES string of the molecule is COc1cc(NC(=O)C[NH+]2CCN(c3ccccc3)CC2)c(C)cc1[N+](=O)[O-]. The zero-order valence-corrected chi connectivity index (χ0v) is 16.1. The van der Waals surface area contributed by atoms with Crippen molar-refractivity contribution in [1.82, 2.24) is 0 Å². The number of benzene rings is 2. The summed E-state index contributed by atoms with van der Waals surface area (Å²) < 4.78 is 5.08. The highest BCUT2D eigenvalue weighted by molar-refractivity contribution is 5.92. The minimum absolute atomic E-state index is 0.109. The number of amides is 1. The Morgan fingerprint density at radius 2 is 1.93 bits per heavy atom. The lowest BCUT2D eigenvalue weighted by Crippen LogP contribution is -3.15. The third-order valence-corrected chi connectivity index (χ3v) is 5.00. The molecule has 0 aliphatic carbocycles. The van der Waals surface area contributed by atoms with E-state index in [-0.39, 0.29) is 17.3 Å². The number of carbonyl (C=O) groups is 1. The minimum Gasteiger partial charge on any atom is -0.490 e. The van der Waals surface area contributed by atoms with Crippen molar-refractivity contribution in [3.05, 3.63) is 58.1 Å². The van der Waals surface area contributed by atoms with Crippen LogP contribution in [-0.4, -0.2) is 50.7 Å². The summed E-state index contributed by atoms with van der Waals surface area (Å²) >= 11 is 0. The lowest BCUT2D eigenvalue weighted by molar-refractivity contribution is -0.892. The number of carbonyl (C=O) groups excluding carboxylic acids is 1. The number of rotatable bonds is 6. The molecule has 1 heterocycles. The number of anilines is 2. The molecule has 0 atom stereocenters. The second kappa shape index (κ2) is 8.71. The molecule has 2 aromatic rings. The Hall–Kier alpha value is -3.13. The van der Waals surface area contributed by atoms with Gasteiger partial charge in [-0.2, -0.15) is 0 Å². The Balaban J connectivity index is 1.57. The van der Waals surface area contributed by atoms with Crippen molar-refractivity contribution in [3.63, 3.8) is 0 Å². The monoisotopic (exact) mass is 385 g/mol. The number of nitro groups is 1. The first-order valence-corrected chi connectivity index (χ1v) is 9.24. The number of quaternary nitrogens is 1. The molecule has 8 nitrogen and oxygen atoms in total. The molecule has 0 saturated carbocycles. The van der Waals surface area contributed by atoms with Crippen molar-refractivity contribution in [3.8, 4) is 5.75 Å². The molecule has 1 aliphatic rings. The van der Waals surface area contributed by atoms with Gasteiger partial charge in [0.15, 0.2) is 12.3 Å². The predicted octanol–water partition coefficient (Wildman–Crippen LogP) is 1.26. The highest BCUT2D eigenvalue weighted by atomic mass is 16.6. The lowest BCUT2D eigenvalue weighted by Gasteiger charge is -2.33. The summed E-state index contributed by atoms with van der Waals surface area (Å²) in [6, 6.07) is 13.2. The molecule has 0 aromatic heterocycles. The van der Waals surface area contributed by atoms with Crippen LogP contribution in [0.3, 0.4) is 0 Å². The molecule has 3 rings (SSSR count). The van der Waals surface area contributed by atoms with Crippen LogP contribution in [-0.2, 0) is 4.79 Å². The molecule has 8 heteroatoms. The van der Waals surface area contributed by atoms with Crippen LogP contribution in [0.5, 0.6) is 5.75 Å². The fourth-order valence-corrected chi connectivity index (χ4v) is 3.43. The van der Waals surface area contributed by atoms with Crippen molar-refractivity contribution < 1.29 is 19.4 Å². The van der Waals surface area contributed by atoms with E-state index in [2.05, 4.69) is 22.3 Å². The first-order chi connectivity index (χ1) is 13.5. The Morgan fingerprint density at radius 3 is 2.54 bits per heavy atom. The van der Waals surface area contributed by atoms with Gasteiger partial charge >= 0.3 is 5.69 Å². The molecular weight excluding hydrogens is 360 g/mol. The van der Waals surface area contributed by atoms with Crippen molar-refractivity contribution in [2.24, 2.45) is 0 Å². The standard InChI is InChI=1S/C20H24N4O4/c1-15-12-18(24(26)27)19(28-2)13-17(15)21-20(25)14-22-8-10-23(11-9-22)16-6-4-3-5-7-16/h3-7,12-13H,8-11,14H2,1-2H3,(H,21,25)/p+1. The first kappa shape index (κ1) is 19.6. The number of aryl methyl sites for hydroxylation is 1. The van der Waals surface area contributed by atoms with Gasteiger partial charge in [0, 0.05) is 23.5 Å². The van der Waals surface area contributed by atoms with Crippen molar-refractivity contribution in [1.29, 1.82) is 0 Å². The maximum absolute atomic E-state index is 12.5. The first-order valence-electron chi connectivity index (χ1n) is 9.24. The highest BCUT2D eigenvalue weighted by Gasteiger charge is 2.23. The number of piperazine rings is 1. The number of hydrogen-bond donors (Lipinski definition) is 2. The summed E-state index contributed by atoms with van der Waals surface area (Å²) in [5, 5.41) is 14.0.